The zero-order valence-electron chi connectivity index (χ0n) is 11.2. The predicted molar refractivity (Wildman–Crippen MR) is 76.5 cm³/mol. The molecule has 1 aromatic carbocycles. The van der Waals surface area contributed by atoms with Crippen LogP contribution in [0.15, 0.2) is 29.2 Å². The molecule has 0 atom stereocenters. The Balaban J connectivity index is 2.26. The van der Waals surface area contributed by atoms with E-state index in [-0.39, 0.29) is 5.41 Å². The fourth-order valence-corrected chi connectivity index (χ4v) is 5.42. The number of thiol groups is 1. The van der Waals surface area contributed by atoms with E-state index in [0.717, 1.165) is 29.2 Å². The van der Waals surface area contributed by atoms with Gasteiger partial charge in [0.15, 0.2) is 0 Å². The molecule has 0 aromatic heterocycles. The van der Waals surface area contributed by atoms with Gasteiger partial charge in [-0.25, -0.2) is 0 Å². The second-order valence-corrected chi connectivity index (χ2v) is 9.38. The summed E-state index contributed by atoms with van der Waals surface area (Å²) in [5, 5.41) is 0. The third-order valence-electron chi connectivity index (χ3n) is 3.74. The van der Waals surface area contributed by atoms with Gasteiger partial charge in [0.2, 0.25) is 0 Å². The van der Waals surface area contributed by atoms with Gasteiger partial charge in [-0.15, -0.1) is 0 Å². The summed E-state index contributed by atoms with van der Waals surface area (Å²) in [6.45, 7) is 6.64. The van der Waals surface area contributed by atoms with Crippen LogP contribution in [0.1, 0.15) is 45.6 Å². The van der Waals surface area contributed by atoms with Crippen molar-refractivity contribution in [3.63, 3.8) is 0 Å². The number of hydrogen-bond acceptors (Lipinski definition) is 1. The van der Waals surface area contributed by atoms with E-state index in [1.807, 2.05) is 0 Å². The standard InChI is InChI=1S/C15H24OS/c1-15(2,3)13-7-9-14(10-8-13)17(16)11-5-4-6-12-17/h7-10,17H,4-6,11-12H2,1-3H3. The maximum atomic E-state index is 12.8. The Morgan fingerprint density at radius 3 is 1.94 bits per heavy atom. The number of benzene rings is 1. The smallest absolute Gasteiger partial charge is 0.0147 e. The van der Waals surface area contributed by atoms with Gasteiger partial charge in [-0.3, -0.25) is 4.21 Å². The van der Waals surface area contributed by atoms with E-state index in [4.69, 9.17) is 0 Å². The molecule has 2 heteroatoms. The van der Waals surface area contributed by atoms with Crippen LogP contribution in [0.5, 0.6) is 0 Å². The van der Waals surface area contributed by atoms with Gasteiger partial charge in [-0.2, -0.15) is 0 Å². The van der Waals surface area contributed by atoms with Gasteiger partial charge in [0.25, 0.3) is 0 Å². The molecule has 17 heavy (non-hydrogen) atoms. The molecule has 0 aliphatic carbocycles. The third kappa shape index (κ3) is 2.79. The Morgan fingerprint density at radius 2 is 1.47 bits per heavy atom. The fourth-order valence-electron chi connectivity index (χ4n) is 2.51. The molecule has 1 aromatic rings. The Morgan fingerprint density at radius 1 is 0.941 bits per heavy atom. The molecule has 1 nitrogen and oxygen atoms in total. The van der Waals surface area contributed by atoms with E-state index in [1.54, 1.807) is 0 Å². The van der Waals surface area contributed by atoms with Crippen molar-refractivity contribution in [2.24, 2.45) is 0 Å². The minimum Gasteiger partial charge on any atom is -0.280 e. The van der Waals surface area contributed by atoms with Gasteiger partial charge in [-0.1, -0.05) is 49.3 Å². The summed E-state index contributed by atoms with van der Waals surface area (Å²) in [4.78, 5) is 1.10. The summed E-state index contributed by atoms with van der Waals surface area (Å²) < 4.78 is 12.8. The van der Waals surface area contributed by atoms with Crippen LogP contribution in [0.3, 0.4) is 0 Å². The average molecular weight is 252 g/mol. The summed E-state index contributed by atoms with van der Waals surface area (Å²) >= 11 is 0. The normalized spacial score (nSPS) is 22.1. The highest BCUT2D eigenvalue weighted by atomic mass is 32.2. The second kappa shape index (κ2) is 4.56. The quantitative estimate of drug-likeness (QED) is 0.757. The molecule has 0 amide bonds. The van der Waals surface area contributed by atoms with Crippen LogP contribution in [0.2, 0.25) is 0 Å². The Kier molecular flexibility index (Phi) is 3.44. The van der Waals surface area contributed by atoms with E-state index < -0.39 is 9.93 Å². The molecule has 1 aliphatic heterocycles. The molecule has 0 saturated carbocycles. The first-order valence-electron chi connectivity index (χ1n) is 6.61. The molecule has 0 bridgehead atoms. The molecule has 1 aliphatic rings. The summed E-state index contributed by atoms with van der Waals surface area (Å²) in [6, 6.07) is 8.52. The van der Waals surface area contributed by atoms with E-state index in [2.05, 4.69) is 45.0 Å². The largest absolute Gasteiger partial charge is 0.280 e. The zero-order chi connectivity index (χ0) is 12.5. The summed E-state index contributed by atoms with van der Waals surface area (Å²) in [7, 11) is -2.04. The zero-order valence-corrected chi connectivity index (χ0v) is 12.1. The van der Waals surface area contributed by atoms with E-state index in [1.165, 1.54) is 12.0 Å². The first-order chi connectivity index (χ1) is 7.92. The van der Waals surface area contributed by atoms with Crippen LogP contribution in [-0.2, 0) is 15.3 Å². The Bertz CT molecular complexity index is 415. The number of rotatable bonds is 1. The molecule has 96 valence electrons. The van der Waals surface area contributed by atoms with E-state index in [0.29, 0.717) is 0 Å². The van der Waals surface area contributed by atoms with Gasteiger partial charge in [0.1, 0.15) is 0 Å². The van der Waals surface area contributed by atoms with Gasteiger partial charge in [0, 0.05) is 16.4 Å². The Hall–Kier alpha value is -0.630. The summed E-state index contributed by atoms with van der Waals surface area (Å²) in [6.07, 6.45) is 3.53. The molecule has 1 fully saturated rings. The van der Waals surface area contributed by atoms with Crippen LogP contribution >= 0.6 is 0 Å². The van der Waals surface area contributed by atoms with Crippen LogP contribution in [0.4, 0.5) is 0 Å². The van der Waals surface area contributed by atoms with E-state index >= 15 is 0 Å². The van der Waals surface area contributed by atoms with Crippen molar-refractivity contribution < 1.29 is 4.21 Å². The van der Waals surface area contributed by atoms with Gasteiger partial charge in [0.05, 0.1) is 0 Å². The highest BCUT2D eigenvalue weighted by molar-refractivity contribution is 8.03. The van der Waals surface area contributed by atoms with Crippen molar-refractivity contribution in [3.05, 3.63) is 29.8 Å². The monoisotopic (exact) mass is 252 g/mol. The van der Waals surface area contributed by atoms with Gasteiger partial charge >= 0.3 is 0 Å². The van der Waals surface area contributed by atoms with Crippen molar-refractivity contribution in [3.8, 4) is 0 Å². The lowest BCUT2D eigenvalue weighted by atomic mass is 9.87. The molecular formula is C15H24OS. The molecule has 1 saturated heterocycles. The van der Waals surface area contributed by atoms with Crippen LogP contribution < -0.4 is 0 Å². The molecule has 0 unspecified atom stereocenters. The minimum atomic E-state index is -2.04. The summed E-state index contributed by atoms with van der Waals surface area (Å²) in [5.74, 6) is 1.84. The first-order valence-corrected chi connectivity index (χ1v) is 8.69. The van der Waals surface area contributed by atoms with Gasteiger partial charge in [-0.05, 0) is 36.0 Å². The van der Waals surface area contributed by atoms with Crippen molar-refractivity contribution in [1.29, 1.82) is 0 Å². The molecule has 0 spiro atoms. The Labute approximate surface area is 106 Å². The molecule has 0 N–H and O–H groups in total. The number of hydrogen-bond donors (Lipinski definition) is 1. The van der Waals surface area contributed by atoms with Crippen LogP contribution in [0, 0.1) is 0 Å². The minimum absolute atomic E-state index is 0.180. The average Bonchev–Trinajstić information content (AvgIpc) is 2.29. The highest BCUT2D eigenvalue weighted by Gasteiger charge is 2.22. The van der Waals surface area contributed by atoms with Crippen molar-refractivity contribution in [2.75, 3.05) is 11.5 Å². The van der Waals surface area contributed by atoms with Crippen LogP contribution in [-0.4, -0.2) is 15.7 Å². The molecule has 2 rings (SSSR count). The molecule has 0 radical (unpaired) electrons. The van der Waals surface area contributed by atoms with Crippen molar-refractivity contribution in [2.45, 2.75) is 50.3 Å². The molecular weight excluding hydrogens is 228 g/mol. The van der Waals surface area contributed by atoms with E-state index in [9.17, 15) is 4.21 Å². The second-order valence-electron chi connectivity index (χ2n) is 6.19. The fraction of sp³-hybridized carbons (Fsp3) is 0.600. The molecule has 1 heterocycles. The third-order valence-corrected chi connectivity index (χ3v) is 7.06. The lowest BCUT2D eigenvalue weighted by Gasteiger charge is -2.29. The van der Waals surface area contributed by atoms with Gasteiger partial charge < -0.3 is 0 Å². The summed E-state index contributed by atoms with van der Waals surface area (Å²) in [5.41, 5.74) is 1.50. The predicted octanol–water partition coefficient (Wildman–Crippen LogP) is 3.54. The maximum Gasteiger partial charge on any atom is 0.0147 e. The maximum absolute atomic E-state index is 12.8. The van der Waals surface area contributed by atoms with Crippen molar-refractivity contribution >= 4 is 9.93 Å². The lowest BCUT2D eigenvalue weighted by molar-refractivity contribution is 0.589. The lowest BCUT2D eigenvalue weighted by Crippen LogP contribution is -2.25. The highest BCUT2D eigenvalue weighted by Crippen LogP contribution is 2.29. The first kappa shape index (κ1) is 12.8. The van der Waals surface area contributed by atoms with Crippen LogP contribution in [0.25, 0.3) is 0 Å². The SMILES string of the molecule is CC(C)(C)c1ccc([SH]2(=O)CCCCC2)cc1. The topological polar surface area (TPSA) is 17.1 Å². The van der Waals surface area contributed by atoms with Crippen molar-refractivity contribution in [1.82, 2.24) is 0 Å².